The van der Waals surface area contributed by atoms with Crippen molar-refractivity contribution in [1.29, 1.82) is 0 Å². The summed E-state index contributed by atoms with van der Waals surface area (Å²) in [4.78, 5) is 11.0. The molecule has 0 aliphatic rings. The molecule has 0 aliphatic carbocycles. The van der Waals surface area contributed by atoms with Crippen LogP contribution in [-0.4, -0.2) is 30.6 Å². The fraction of sp³-hybridized carbons (Fsp3) is 0.348. The Balaban J connectivity index is 1.76. The molecule has 3 unspecified atom stereocenters. The molecule has 0 bridgehead atoms. The van der Waals surface area contributed by atoms with Crippen molar-refractivity contribution in [2.75, 3.05) is 7.11 Å². The van der Waals surface area contributed by atoms with E-state index < -0.39 is 18.4 Å². The van der Waals surface area contributed by atoms with Crippen LogP contribution in [0.25, 0.3) is 6.08 Å². The second-order valence-electron chi connectivity index (χ2n) is 7.05. The largest absolute Gasteiger partial charge is 0.473 e. The Morgan fingerprint density at radius 1 is 1.17 bits per heavy atom. The molecule has 6 nitrogen and oxygen atoms in total. The predicted molar refractivity (Wildman–Crippen MR) is 114 cm³/mol. The molecule has 0 radical (unpaired) electrons. The smallest absolute Gasteiger partial charge is 0.410 e. The first-order valence-corrected chi connectivity index (χ1v) is 9.73. The number of hydrogen-bond donors (Lipinski definition) is 3. The molecular weight excluding hydrogens is 368 g/mol. The average molecular weight is 399 g/mol. The van der Waals surface area contributed by atoms with Gasteiger partial charge in [0.25, 0.3) is 0 Å². The number of ether oxygens (including phenoxy) is 2. The van der Waals surface area contributed by atoms with Crippen LogP contribution in [0.5, 0.6) is 5.75 Å². The van der Waals surface area contributed by atoms with Gasteiger partial charge in [-0.15, -0.1) is 0 Å². The van der Waals surface area contributed by atoms with E-state index in [0.29, 0.717) is 18.1 Å². The third kappa shape index (κ3) is 8.37. The molecule has 0 saturated heterocycles. The van der Waals surface area contributed by atoms with Gasteiger partial charge in [-0.2, -0.15) is 0 Å². The zero-order valence-corrected chi connectivity index (χ0v) is 17.0. The van der Waals surface area contributed by atoms with Gasteiger partial charge in [0.15, 0.2) is 6.23 Å². The third-order valence-corrected chi connectivity index (χ3v) is 4.61. The lowest BCUT2D eigenvalue weighted by Crippen LogP contribution is -2.40. The number of methoxy groups -OCH3 is 1. The van der Waals surface area contributed by atoms with E-state index >= 15 is 0 Å². The van der Waals surface area contributed by atoms with E-state index in [-0.39, 0.29) is 0 Å². The lowest BCUT2D eigenvalue weighted by molar-refractivity contribution is 0.0246. The Morgan fingerprint density at radius 3 is 2.52 bits per heavy atom. The summed E-state index contributed by atoms with van der Waals surface area (Å²) < 4.78 is 10.1. The van der Waals surface area contributed by atoms with Crippen molar-refractivity contribution in [3.63, 3.8) is 0 Å². The highest BCUT2D eigenvalue weighted by atomic mass is 16.5. The van der Waals surface area contributed by atoms with Gasteiger partial charge >= 0.3 is 6.09 Å². The quantitative estimate of drug-likeness (QED) is 0.531. The Kier molecular flexibility index (Phi) is 9.21. The van der Waals surface area contributed by atoms with Crippen LogP contribution in [0.3, 0.4) is 0 Å². The normalized spacial score (nSPS) is 14.2. The van der Waals surface area contributed by atoms with E-state index in [2.05, 4.69) is 29.1 Å². The van der Waals surface area contributed by atoms with Crippen LogP contribution in [0.4, 0.5) is 4.79 Å². The highest BCUT2D eigenvalue weighted by Gasteiger charge is 2.19. The number of nitrogens with two attached hydrogens (primary N) is 1. The highest BCUT2D eigenvalue weighted by Crippen LogP contribution is 2.19. The molecular formula is C23H30N2O4. The summed E-state index contributed by atoms with van der Waals surface area (Å²) >= 11 is 0. The van der Waals surface area contributed by atoms with Crippen LogP contribution in [0.2, 0.25) is 0 Å². The lowest BCUT2D eigenvalue weighted by Gasteiger charge is -2.23. The van der Waals surface area contributed by atoms with E-state index in [9.17, 15) is 9.90 Å². The first kappa shape index (κ1) is 22.5. The summed E-state index contributed by atoms with van der Waals surface area (Å²) in [6, 6.07) is 17.5. The maximum absolute atomic E-state index is 11.0. The number of aliphatic hydroxyl groups excluding tert-OH is 1. The summed E-state index contributed by atoms with van der Waals surface area (Å²) in [5, 5.41) is 12.8. The van der Waals surface area contributed by atoms with Gasteiger partial charge < -0.3 is 14.6 Å². The van der Waals surface area contributed by atoms with E-state index in [0.717, 1.165) is 18.4 Å². The highest BCUT2D eigenvalue weighted by molar-refractivity contribution is 5.69. The first-order chi connectivity index (χ1) is 14.0. The van der Waals surface area contributed by atoms with Gasteiger partial charge in [0, 0.05) is 6.20 Å². The monoisotopic (exact) mass is 398 g/mol. The fourth-order valence-corrected chi connectivity index (χ4v) is 2.88. The van der Waals surface area contributed by atoms with Crippen LogP contribution in [0.1, 0.15) is 30.9 Å². The van der Waals surface area contributed by atoms with E-state index in [4.69, 9.17) is 10.5 Å². The van der Waals surface area contributed by atoms with Crippen LogP contribution in [-0.2, 0) is 11.2 Å². The number of aliphatic hydroxyl groups is 1. The summed E-state index contributed by atoms with van der Waals surface area (Å²) in [6.45, 7) is 2.11. The number of nitrogens with one attached hydrogen (secondary N) is 1. The minimum absolute atomic E-state index is 0.328. The van der Waals surface area contributed by atoms with Crippen LogP contribution < -0.4 is 15.8 Å². The van der Waals surface area contributed by atoms with Crippen LogP contribution in [0.15, 0.2) is 60.8 Å². The van der Waals surface area contributed by atoms with Crippen molar-refractivity contribution in [1.82, 2.24) is 5.32 Å². The van der Waals surface area contributed by atoms with Gasteiger partial charge in [0.2, 0.25) is 0 Å². The molecule has 29 heavy (non-hydrogen) atoms. The standard InChI is InChI=1S/C23H30N2O4/c1-17(8-9-18-6-4-3-5-7-18)16-21(26)22(24)29-20-12-10-19(11-13-20)14-15-25-23(27)28-2/h3-7,10-15,17,21-22,26H,8-9,16,24H2,1-2H3,(H,25,27)/b15-14+. The van der Waals surface area contributed by atoms with Crippen molar-refractivity contribution in [3.8, 4) is 5.75 Å². The molecule has 0 aliphatic heterocycles. The van der Waals surface area contributed by atoms with E-state index in [1.54, 1.807) is 18.2 Å². The van der Waals surface area contributed by atoms with Gasteiger partial charge in [-0.25, -0.2) is 4.79 Å². The van der Waals surface area contributed by atoms with Gasteiger partial charge in [-0.3, -0.25) is 11.1 Å². The molecule has 0 spiro atoms. The topological polar surface area (TPSA) is 93.8 Å². The zero-order chi connectivity index (χ0) is 21.1. The number of rotatable bonds is 10. The average Bonchev–Trinajstić information content (AvgIpc) is 2.74. The lowest BCUT2D eigenvalue weighted by atomic mass is 9.95. The van der Waals surface area contributed by atoms with Gasteiger partial charge in [0.1, 0.15) is 11.9 Å². The summed E-state index contributed by atoms with van der Waals surface area (Å²) in [6.07, 6.45) is 3.69. The second kappa shape index (κ2) is 11.9. The maximum Gasteiger partial charge on any atom is 0.410 e. The van der Waals surface area contributed by atoms with Crippen molar-refractivity contribution in [2.24, 2.45) is 11.7 Å². The number of benzene rings is 2. The molecule has 2 aromatic rings. The summed E-state index contributed by atoms with van der Waals surface area (Å²) in [5.41, 5.74) is 8.19. The van der Waals surface area contributed by atoms with Crippen molar-refractivity contribution in [2.45, 2.75) is 38.5 Å². The zero-order valence-electron chi connectivity index (χ0n) is 17.0. The molecule has 2 rings (SSSR count). The Bertz CT molecular complexity index is 762. The van der Waals surface area contributed by atoms with Gasteiger partial charge in [-0.1, -0.05) is 49.4 Å². The van der Waals surface area contributed by atoms with Crippen molar-refractivity contribution in [3.05, 3.63) is 71.9 Å². The van der Waals surface area contributed by atoms with E-state index in [1.165, 1.54) is 18.9 Å². The molecule has 2 aromatic carbocycles. The number of hydrogen-bond acceptors (Lipinski definition) is 5. The molecule has 0 heterocycles. The first-order valence-electron chi connectivity index (χ1n) is 9.73. The predicted octanol–water partition coefficient (Wildman–Crippen LogP) is 3.70. The van der Waals surface area contributed by atoms with Crippen LogP contribution in [0, 0.1) is 5.92 Å². The number of aryl methyl sites for hydroxylation is 1. The van der Waals surface area contributed by atoms with Crippen LogP contribution >= 0.6 is 0 Å². The fourth-order valence-electron chi connectivity index (χ4n) is 2.88. The minimum atomic E-state index is -0.795. The summed E-state index contributed by atoms with van der Waals surface area (Å²) in [7, 11) is 1.30. The molecule has 0 fully saturated rings. The van der Waals surface area contributed by atoms with Crippen molar-refractivity contribution < 1.29 is 19.4 Å². The maximum atomic E-state index is 11.0. The van der Waals surface area contributed by atoms with Crippen molar-refractivity contribution >= 4 is 12.2 Å². The van der Waals surface area contributed by atoms with E-state index in [1.807, 2.05) is 30.3 Å². The molecule has 0 saturated carbocycles. The molecule has 156 valence electrons. The Morgan fingerprint density at radius 2 is 1.86 bits per heavy atom. The number of carbonyl (C=O) groups is 1. The minimum Gasteiger partial charge on any atom is -0.473 e. The Hall–Kier alpha value is -2.83. The number of carbonyl (C=O) groups excluding carboxylic acids is 1. The molecule has 3 atom stereocenters. The molecule has 4 N–H and O–H groups in total. The number of amides is 1. The molecule has 6 heteroatoms. The SMILES string of the molecule is COC(=O)N/C=C/c1ccc(OC(N)C(O)CC(C)CCc2ccccc2)cc1. The van der Waals surface area contributed by atoms with Gasteiger partial charge in [-0.05, 0) is 54.5 Å². The molecule has 0 aromatic heterocycles. The second-order valence-corrected chi connectivity index (χ2v) is 7.05. The summed E-state index contributed by atoms with van der Waals surface area (Å²) in [5.74, 6) is 0.904. The van der Waals surface area contributed by atoms with Gasteiger partial charge in [0.05, 0.1) is 7.11 Å². The molecule has 1 amide bonds. The number of alkyl carbamates (subject to hydrolysis) is 1. The Labute approximate surface area is 172 Å². The third-order valence-electron chi connectivity index (χ3n) is 4.61.